The molecule has 4 aromatic rings. The van der Waals surface area contributed by atoms with E-state index in [0.717, 1.165) is 52.9 Å². The number of Topliss-reactive ketones (excluding diaryl/α,β-unsaturated/α-hetero) is 1. The van der Waals surface area contributed by atoms with E-state index < -0.39 is 5.97 Å². The Morgan fingerprint density at radius 2 is 1.72 bits per heavy atom. The molecule has 1 aliphatic carbocycles. The highest BCUT2D eigenvalue weighted by atomic mass is 32.1. The van der Waals surface area contributed by atoms with Gasteiger partial charge in [-0.1, -0.05) is 25.3 Å². The summed E-state index contributed by atoms with van der Waals surface area (Å²) in [6.45, 7) is 5.54. The number of ketones is 1. The van der Waals surface area contributed by atoms with Gasteiger partial charge >= 0.3 is 5.97 Å². The average molecular weight is 654 g/mol. The molecule has 3 heterocycles. The lowest BCUT2D eigenvalue weighted by atomic mass is 9.95. The number of nitrogens with zero attached hydrogens (tertiary/aromatic N) is 3. The first-order valence-corrected chi connectivity index (χ1v) is 16.9. The van der Waals surface area contributed by atoms with E-state index in [4.69, 9.17) is 14.6 Å². The van der Waals surface area contributed by atoms with E-state index in [1.807, 2.05) is 65.6 Å². The van der Waals surface area contributed by atoms with Crippen LogP contribution in [-0.2, 0) is 16.1 Å². The second-order valence-corrected chi connectivity index (χ2v) is 13.2. The SMILES string of the molecule is CC(=O)c1ccc(-c2ccc(C(=O)N3CCOCC3)cc2COc2ccc(-c3cc(/C=C(\C)C(=O)O)nn3C3CCCCC3)cc2)s1. The van der Waals surface area contributed by atoms with Crippen LogP contribution in [0.15, 0.2) is 66.2 Å². The highest BCUT2D eigenvalue weighted by Gasteiger charge is 2.22. The van der Waals surface area contributed by atoms with Crippen LogP contribution in [-0.4, -0.2) is 63.7 Å². The summed E-state index contributed by atoms with van der Waals surface area (Å²) in [5.41, 5.74) is 5.15. The molecule has 1 saturated heterocycles. The number of aromatic nitrogens is 2. The molecule has 1 amide bonds. The van der Waals surface area contributed by atoms with Gasteiger partial charge in [-0.3, -0.25) is 14.3 Å². The van der Waals surface area contributed by atoms with E-state index >= 15 is 0 Å². The highest BCUT2D eigenvalue weighted by Crippen LogP contribution is 2.35. The molecule has 1 saturated carbocycles. The molecule has 0 unspecified atom stereocenters. The van der Waals surface area contributed by atoms with Crippen LogP contribution in [0.4, 0.5) is 0 Å². The Hall–Kier alpha value is -4.54. The van der Waals surface area contributed by atoms with Crippen molar-refractivity contribution in [2.45, 2.75) is 58.6 Å². The third-order valence-corrected chi connectivity index (χ3v) is 10.0. The maximum absolute atomic E-state index is 13.3. The first-order valence-electron chi connectivity index (χ1n) is 16.1. The highest BCUT2D eigenvalue weighted by molar-refractivity contribution is 7.17. The lowest BCUT2D eigenvalue weighted by Crippen LogP contribution is -2.40. The van der Waals surface area contributed by atoms with Crippen LogP contribution in [0.2, 0.25) is 0 Å². The van der Waals surface area contributed by atoms with Crippen molar-refractivity contribution in [3.05, 3.63) is 87.9 Å². The molecule has 0 radical (unpaired) electrons. The predicted molar refractivity (Wildman–Crippen MR) is 182 cm³/mol. The van der Waals surface area contributed by atoms with Crippen LogP contribution < -0.4 is 4.74 Å². The van der Waals surface area contributed by atoms with Gasteiger partial charge in [0, 0.05) is 34.7 Å². The molecule has 2 aromatic heterocycles. The minimum absolute atomic E-state index is 0.0169. The molecule has 1 N–H and O–H groups in total. The molecule has 47 heavy (non-hydrogen) atoms. The third-order valence-electron chi connectivity index (χ3n) is 8.79. The van der Waals surface area contributed by atoms with Gasteiger partial charge in [0.2, 0.25) is 0 Å². The third kappa shape index (κ3) is 7.55. The summed E-state index contributed by atoms with van der Waals surface area (Å²) >= 11 is 1.43. The van der Waals surface area contributed by atoms with E-state index in [9.17, 15) is 19.5 Å². The van der Waals surface area contributed by atoms with Gasteiger partial charge in [0.25, 0.3) is 5.91 Å². The van der Waals surface area contributed by atoms with Gasteiger partial charge in [0.1, 0.15) is 12.4 Å². The summed E-state index contributed by atoms with van der Waals surface area (Å²) < 4.78 is 13.8. The van der Waals surface area contributed by atoms with E-state index in [1.54, 1.807) is 19.9 Å². The number of hydrogen-bond donors (Lipinski definition) is 1. The van der Waals surface area contributed by atoms with Crippen LogP contribution in [0.5, 0.6) is 5.75 Å². The van der Waals surface area contributed by atoms with Crippen molar-refractivity contribution in [1.82, 2.24) is 14.7 Å². The number of rotatable bonds is 10. The average Bonchev–Trinajstić information content (AvgIpc) is 3.76. The molecule has 0 bridgehead atoms. The second-order valence-electron chi connectivity index (χ2n) is 12.1. The molecule has 0 atom stereocenters. The number of benzene rings is 2. The molecule has 2 aliphatic rings. The number of aliphatic carboxylic acids is 1. The van der Waals surface area contributed by atoms with Gasteiger partial charge in [-0.25, -0.2) is 4.79 Å². The number of thiophene rings is 1. The van der Waals surface area contributed by atoms with Gasteiger partial charge < -0.3 is 19.5 Å². The maximum Gasteiger partial charge on any atom is 0.331 e. The number of carboxylic acid groups (broad SMARTS) is 1. The molecule has 10 heteroatoms. The molecule has 2 fully saturated rings. The Labute approximate surface area is 278 Å². The van der Waals surface area contributed by atoms with Crippen molar-refractivity contribution >= 4 is 35.1 Å². The first-order chi connectivity index (χ1) is 22.8. The van der Waals surface area contributed by atoms with Crippen LogP contribution >= 0.6 is 11.3 Å². The summed E-state index contributed by atoms with van der Waals surface area (Å²) in [6.07, 6.45) is 7.23. The van der Waals surface area contributed by atoms with Crippen molar-refractivity contribution in [2.24, 2.45) is 0 Å². The van der Waals surface area contributed by atoms with Crippen molar-refractivity contribution in [1.29, 1.82) is 0 Å². The van der Waals surface area contributed by atoms with Crippen LogP contribution in [0.1, 0.15) is 83.3 Å². The lowest BCUT2D eigenvalue weighted by Gasteiger charge is -2.27. The van der Waals surface area contributed by atoms with Gasteiger partial charge in [-0.15, -0.1) is 11.3 Å². The first kappa shape index (κ1) is 32.4. The van der Waals surface area contributed by atoms with Gasteiger partial charge in [-0.2, -0.15) is 5.10 Å². The number of carboxylic acids is 1. The number of carbonyl (C=O) groups excluding carboxylic acids is 2. The standard InChI is InChI=1S/C37H39N3O6S/c1-24(37(43)44)20-29-22-33(40(38-29)30-6-4-3-5-7-30)26-8-11-31(12-9-26)46-23-28-21-27(36(42)39-16-18-45-19-17-39)10-13-32(28)35-15-14-34(47-35)25(2)41/h8-15,20-22,30H,3-7,16-19,23H2,1-2H3,(H,43,44)/b24-20+. The molecule has 244 valence electrons. The second kappa shape index (κ2) is 14.5. The van der Waals surface area contributed by atoms with Gasteiger partial charge in [-0.05, 0) is 98.5 Å². The van der Waals surface area contributed by atoms with Gasteiger partial charge in [0.15, 0.2) is 5.78 Å². The number of carbonyl (C=O) groups is 3. The Bertz CT molecular complexity index is 1790. The Kier molecular flexibility index (Phi) is 9.98. The zero-order chi connectivity index (χ0) is 32.9. The fourth-order valence-electron chi connectivity index (χ4n) is 6.18. The molecule has 1 aliphatic heterocycles. The topological polar surface area (TPSA) is 111 Å². The van der Waals surface area contributed by atoms with E-state index in [-0.39, 0.29) is 29.9 Å². The van der Waals surface area contributed by atoms with Gasteiger partial charge in [0.05, 0.1) is 35.5 Å². The molecule has 9 nitrogen and oxygen atoms in total. The number of amides is 1. The molecule has 0 spiro atoms. The monoisotopic (exact) mass is 653 g/mol. The minimum atomic E-state index is -0.960. The predicted octanol–water partition coefficient (Wildman–Crippen LogP) is 7.53. The number of ether oxygens (including phenoxy) is 2. The molecule has 2 aromatic carbocycles. The molecular weight excluding hydrogens is 614 g/mol. The fraction of sp³-hybridized carbons (Fsp3) is 0.351. The lowest BCUT2D eigenvalue weighted by molar-refractivity contribution is -0.132. The Balaban J connectivity index is 1.26. The summed E-state index contributed by atoms with van der Waals surface area (Å²) in [7, 11) is 0. The maximum atomic E-state index is 13.3. The van der Waals surface area contributed by atoms with Crippen LogP contribution in [0.3, 0.4) is 0 Å². The summed E-state index contributed by atoms with van der Waals surface area (Å²) in [4.78, 5) is 40.2. The van der Waals surface area contributed by atoms with Crippen LogP contribution in [0, 0.1) is 0 Å². The summed E-state index contributed by atoms with van der Waals surface area (Å²) in [6, 6.07) is 19.5. The Morgan fingerprint density at radius 3 is 2.40 bits per heavy atom. The molecule has 6 rings (SSSR count). The summed E-state index contributed by atoms with van der Waals surface area (Å²) in [5.74, 6) is -0.310. The summed E-state index contributed by atoms with van der Waals surface area (Å²) in [5, 5.41) is 14.2. The van der Waals surface area contributed by atoms with Crippen molar-refractivity contribution in [3.63, 3.8) is 0 Å². The zero-order valence-electron chi connectivity index (χ0n) is 26.7. The van der Waals surface area contributed by atoms with E-state index in [0.29, 0.717) is 48.2 Å². The van der Waals surface area contributed by atoms with E-state index in [2.05, 4.69) is 4.68 Å². The molecular formula is C37H39N3O6S. The Morgan fingerprint density at radius 1 is 0.979 bits per heavy atom. The smallest absolute Gasteiger partial charge is 0.331 e. The van der Waals surface area contributed by atoms with Crippen molar-refractivity contribution in [3.8, 4) is 27.4 Å². The quantitative estimate of drug-likeness (QED) is 0.139. The fourth-order valence-corrected chi connectivity index (χ4v) is 7.14. The van der Waals surface area contributed by atoms with Crippen LogP contribution in [0.25, 0.3) is 27.8 Å². The number of hydrogen-bond acceptors (Lipinski definition) is 7. The van der Waals surface area contributed by atoms with E-state index in [1.165, 1.54) is 17.8 Å². The number of morpholine rings is 1. The zero-order valence-corrected chi connectivity index (χ0v) is 27.6. The normalized spacial score (nSPS) is 15.9. The minimum Gasteiger partial charge on any atom is -0.489 e. The van der Waals surface area contributed by atoms with Crippen molar-refractivity contribution in [2.75, 3.05) is 26.3 Å². The largest absolute Gasteiger partial charge is 0.489 e. The van der Waals surface area contributed by atoms with Crippen molar-refractivity contribution < 1.29 is 29.0 Å².